The first-order chi connectivity index (χ1) is 26.2. The number of hydrogen-bond donors (Lipinski definition) is 0. The Labute approximate surface area is 311 Å². The normalized spacial score (nSPS) is 14.6. The van der Waals surface area contributed by atoms with Crippen molar-refractivity contribution in [3.8, 4) is 33.4 Å². The lowest BCUT2D eigenvalue weighted by Crippen LogP contribution is -2.22. The highest BCUT2D eigenvalue weighted by Gasteiger charge is 2.42. The van der Waals surface area contributed by atoms with Crippen LogP contribution in [0.25, 0.3) is 54.9 Å². The molecule has 9 aromatic carbocycles. The minimum atomic E-state index is -0.286. The number of fused-ring (bicyclic) bond motifs is 5. The topological polar surface area (TPSA) is 3.24 Å². The van der Waals surface area contributed by atoms with E-state index in [2.05, 4.69) is 218 Å². The van der Waals surface area contributed by atoms with E-state index in [0.717, 1.165) is 11.4 Å². The second-order valence-electron chi connectivity index (χ2n) is 14.2. The van der Waals surface area contributed by atoms with Crippen molar-refractivity contribution in [2.45, 2.75) is 12.3 Å². The molecule has 0 aromatic heterocycles. The second kappa shape index (κ2) is 12.5. The van der Waals surface area contributed by atoms with Crippen molar-refractivity contribution in [1.82, 2.24) is 0 Å². The van der Waals surface area contributed by atoms with Crippen LogP contribution >= 0.6 is 0 Å². The van der Waals surface area contributed by atoms with Gasteiger partial charge in [0.05, 0.1) is 5.69 Å². The lowest BCUT2D eigenvalue weighted by Gasteiger charge is -2.30. The van der Waals surface area contributed by atoms with E-state index in [1.165, 1.54) is 77.3 Å². The van der Waals surface area contributed by atoms with E-state index in [1.807, 2.05) is 0 Å². The van der Waals surface area contributed by atoms with E-state index in [4.69, 9.17) is 0 Å². The van der Waals surface area contributed by atoms with Crippen LogP contribution in [0, 0.1) is 0 Å². The van der Waals surface area contributed by atoms with Gasteiger partial charge < -0.3 is 4.90 Å². The van der Waals surface area contributed by atoms with Crippen LogP contribution in [0.1, 0.15) is 23.6 Å². The van der Waals surface area contributed by atoms with Crippen molar-refractivity contribution >= 4 is 38.6 Å². The van der Waals surface area contributed by atoms with Crippen molar-refractivity contribution in [3.05, 3.63) is 223 Å². The number of hydrogen-bond acceptors (Lipinski definition) is 1. The van der Waals surface area contributed by atoms with E-state index in [-0.39, 0.29) is 5.41 Å². The van der Waals surface area contributed by atoms with Gasteiger partial charge in [0.2, 0.25) is 0 Å². The maximum absolute atomic E-state index is 2.45. The van der Waals surface area contributed by atoms with Gasteiger partial charge in [0.25, 0.3) is 0 Å². The molecule has 0 saturated carbocycles. The maximum Gasteiger partial charge on any atom is 0.0543 e. The first-order valence-electron chi connectivity index (χ1n) is 18.4. The van der Waals surface area contributed by atoms with Crippen LogP contribution in [-0.4, -0.2) is 0 Å². The average molecular weight is 676 g/mol. The average Bonchev–Trinajstić information content (AvgIpc) is 3.50. The molecule has 53 heavy (non-hydrogen) atoms. The molecule has 0 spiro atoms. The van der Waals surface area contributed by atoms with Crippen LogP contribution in [0.5, 0.6) is 0 Å². The summed E-state index contributed by atoms with van der Waals surface area (Å²) in [6.07, 6.45) is 0. The fourth-order valence-electron chi connectivity index (χ4n) is 8.75. The summed E-state index contributed by atoms with van der Waals surface area (Å²) in [7, 11) is 0. The largest absolute Gasteiger partial charge is 0.310 e. The molecule has 0 saturated heterocycles. The SMILES string of the molecule is CC1(c2ccccc2)c2ccccc2-c2c(N(c3ccc(-c4cccc5ccccc45)cc3)c3ccc(-c4cccc5ccccc45)cc3)cccc21. The molecule has 0 aliphatic heterocycles. The zero-order valence-electron chi connectivity index (χ0n) is 29.6. The minimum Gasteiger partial charge on any atom is -0.310 e. The van der Waals surface area contributed by atoms with E-state index >= 15 is 0 Å². The van der Waals surface area contributed by atoms with Crippen LogP contribution < -0.4 is 4.90 Å². The Morgan fingerprint density at radius 3 is 1.42 bits per heavy atom. The van der Waals surface area contributed by atoms with Gasteiger partial charge in [0.1, 0.15) is 0 Å². The molecule has 1 heteroatoms. The summed E-state index contributed by atoms with van der Waals surface area (Å²) >= 11 is 0. The van der Waals surface area contributed by atoms with Crippen molar-refractivity contribution < 1.29 is 0 Å². The molecule has 1 unspecified atom stereocenters. The molecule has 0 bridgehead atoms. The summed E-state index contributed by atoms with van der Waals surface area (Å²) in [4.78, 5) is 2.45. The fraction of sp³-hybridized carbons (Fsp3) is 0.0385. The van der Waals surface area contributed by atoms with Crippen molar-refractivity contribution in [3.63, 3.8) is 0 Å². The first kappa shape index (κ1) is 31.1. The molecule has 1 aliphatic rings. The Bertz CT molecular complexity index is 2650. The Morgan fingerprint density at radius 2 is 0.811 bits per heavy atom. The standard InChI is InChI=1S/C52H37N/c1-52(40-18-3-2-4-19-40)48-25-10-9-22-47(48)51-49(52)26-13-27-50(51)53(41-32-28-38(29-33-41)45-23-11-16-36-14-5-7-20-43(36)45)42-34-30-39(31-35-42)46-24-12-17-37-15-6-8-21-44(37)46/h2-35H,1H3. The van der Waals surface area contributed by atoms with Gasteiger partial charge in [-0.05, 0) is 103 Å². The van der Waals surface area contributed by atoms with Gasteiger partial charge in [-0.2, -0.15) is 0 Å². The van der Waals surface area contributed by atoms with Crippen LogP contribution in [-0.2, 0) is 5.41 Å². The molecule has 1 aliphatic carbocycles. The molecular weight excluding hydrogens is 639 g/mol. The lowest BCUT2D eigenvalue weighted by molar-refractivity contribution is 0.714. The first-order valence-corrected chi connectivity index (χ1v) is 18.4. The van der Waals surface area contributed by atoms with Gasteiger partial charge in [0.15, 0.2) is 0 Å². The third-order valence-electron chi connectivity index (χ3n) is 11.4. The number of nitrogens with zero attached hydrogens (tertiary/aromatic N) is 1. The van der Waals surface area contributed by atoms with E-state index in [9.17, 15) is 0 Å². The third kappa shape index (κ3) is 5.00. The van der Waals surface area contributed by atoms with Crippen LogP contribution in [0.2, 0.25) is 0 Å². The van der Waals surface area contributed by atoms with Crippen molar-refractivity contribution in [1.29, 1.82) is 0 Å². The Morgan fingerprint density at radius 1 is 0.358 bits per heavy atom. The lowest BCUT2D eigenvalue weighted by atomic mass is 9.74. The molecule has 0 amide bonds. The Balaban J connectivity index is 1.16. The van der Waals surface area contributed by atoms with E-state index in [0.29, 0.717) is 0 Å². The summed E-state index contributed by atoms with van der Waals surface area (Å²) in [6, 6.07) is 75.5. The molecule has 1 atom stereocenters. The molecular formula is C52H37N. The summed E-state index contributed by atoms with van der Waals surface area (Å²) in [5.41, 5.74) is 14.6. The van der Waals surface area contributed by atoms with Gasteiger partial charge in [-0.15, -0.1) is 0 Å². The monoisotopic (exact) mass is 675 g/mol. The molecule has 0 heterocycles. The summed E-state index contributed by atoms with van der Waals surface area (Å²) in [5.74, 6) is 0. The van der Waals surface area contributed by atoms with Crippen LogP contribution in [0.15, 0.2) is 206 Å². The van der Waals surface area contributed by atoms with Crippen LogP contribution in [0.4, 0.5) is 17.1 Å². The molecule has 0 N–H and O–H groups in total. The predicted molar refractivity (Wildman–Crippen MR) is 224 cm³/mol. The van der Waals surface area contributed by atoms with Gasteiger partial charge in [-0.1, -0.05) is 176 Å². The summed E-state index contributed by atoms with van der Waals surface area (Å²) < 4.78 is 0. The maximum atomic E-state index is 2.45. The van der Waals surface area contributed by atoms with Crippen molar-refractivity contribution in [2.24, 2.45) is 0 Å². The molecule has 9 aromatic rings. The number of benzene rings is 9. The van der Waals surface area contributed by atoms with Gasteiger partial charge in [-0.25, -0.2) is 0 Å². The van der Waals surface area contributed by atoms with Gasteiger partial charge >= 0.3 is 0 Å². The smallest absolute Gasteiger partial charge is 0.0543 e. The predicted octanol–water partition coefficient (Wildman–Crippen LogP) is 14.1. The molecule has 10 rings (SSSR count). The fourth-order valence-corrected chi connectivity index (χ4v) is 8.75. The molecule has 0 radical (unpaired) electrons. The zero-order valence-corrected chi connectivity index (χ0v) is 29.6. The van der Waals surface area contributed by atoms with Gasteiger partial charge in [0, 0.05) is 22.4 Å². The highest BCUT2D eigenvalue weighted by atomic mass is 15.1. The molecule has 250 valence electrons. The summed E-state index contributed by atoms with van der Waals surface area (Å²) in [5, 5.41) is 5.03. The molecule has 1 nitrogen and oxygen atoms in total. The number of anilines is 3. The summed E-state index contributed by atoms with van der Waals surface area (Å²) in [6.45, 7) is 2.39. The highest BCUT2D eigenvalue weighted by molar-refractivity contribution is 6.00. The van der Waals surface area contributed by atoms with Gasteiger partial charge in [-0.3, -0.25) is 0 Å². The third-order valence-corrected chi connectivity index (χ3v) is 11.4. The minimum absolute atomic E-state index is 0.286. The highest BCUT2D eigenvalue weighted by Crippen LogP contribution is 2.56. The Kier molecular flexibility index (Phi) is 7.33. The quantitative estimate of drug-likeness (QED) is 0.170. The molecule has 0 fully saturated rings. The van der Waals surface area contributed by atoms with E-state index in [1.54, 1.807) is 0 Å². The zero-order chi connectivity index (χ0) is 35.4. The second-order valence-corrected chi connectivity index (χ2v) is 14.2. The van der Waals surface area contributed by atoms with Crippen LogP contribution in [0.3, 0.4) is 0 Å². The van der Waals surface area contributed by atoms with Crippen molar-refractivity contribution in [2.75, 3.05) is 4.90 Å². The Hall–Kier alpha value is -6.70. The number of rotatable bonds is 6. The van der Waals surface area contributed by atoms with E-state index < -0.39 is 0 Å².